The molecular formula is C17H34ClN2SiTi. The van der Waals surface area contributed by atoms with Gasteiger partial charge in [-0.15, -0.1) is 0 Å². The van der Waals surface area contributed by atoms with Crippen molar-refractivity contribution in [3.05, 3.63) is 22.4 Å². The van der Waals surface area contributed by atoms with Crippen molar-refractivity contribution in [3.8, 4) is 0 Å². The fraction of sp³-hybridized carbons (Fsp3) is 0.765. The minimum absolute atomic E-state index is 0.150. The third-order valence-corrected chi connectivity index (χ3v) is 11.9. The van der Waals surface area contributed by atoms with Crippen molar-refractivity contribution >= 4 is 18.1 Å². The van der Waals surface area contributed by atoms with E-state index in [2.05, 4.69) is 75.5 Å². The molecule has 127 valence electrons. The quantitative estimate of drug-likeness (QED) is 0.602. The molecule has 0 aliphatic heterocycles. The molecule has 1 unspecified atom stereocenters. The summed E-state index contributed by atoms with van der Waals surface area (Å²) in [6.45, 7) is 18.9. The van der Waals surface area contributed by atoms with E-state index >= 15 is 0 Å². The minimum atomic E-state index is -2.00. The predicted octanol–water partition coefficient (Wildman–Crippen LogP) is 4.98. The summed E-state index contributed by atoms with van der Waals surface area (Å²) in [6.07, 6.45) is 0. The Morgan fingerprint density at radius 3 is 1.95 bits per heavy atom. The fourth-order valence-electron chi connectivity index (χ4n) is 3.67. The van der Waals surface area contributed by atoms with Crippen molar-refractivity contribution in [2.75, 3.05) is 14.1 Å². The van der Waals surface area contributed by atoms with E-state index in [0.717, 1.165) is 0 Å². The van der Waals surface area contributed by atoms with Crippen LogP contribution in [0.1, 0.15) is 41.5 Å². The summed E-state index contributed by atoms with van der Waals surface area (Å²) in [4.78, 5) is 0. The standard InChI is InChI=1S/C15H28NSi.C2H6N.ClH.Ti/c1-10-11(2)13(4)14(12(10)3)16-15(5,6)9-17(7)8;1-3-2;;/h12,17H,9H2,1-8H3;1-2H3;1H;/q2*-1;;+3/p-1. The van der Waals surface area contributed by atoms with Gasteiger partial charge in [0.2, 0.25) is 0 Å². The van der Waals surface area contributed by atoms with Crippen molar-refractivity contribution in [2.24, 2.45) is 5.92 Å². The average Bonchev–Trinajstić information content (AvgIpc) is 2.54. The number of hydrogen-bond acceptors (Lipinski definition) is 2. The topological polar surface area (TPSA) is 6.48 Å². The molecule has 0 N–H and O–H groups in total. The molecular weight excluding hydrogens is 344 g/mol. The van der Waals surface area contributed by atoms with Crippen LogP contribution in [0.2, 0.25) is 19.1 Å². The Morgan fingerprint density at radius 2 is 1.64 bits per heavy atom. The van der Waals surface area contributed by atoms with Crippen molar-refractivity contribution in [1.82, 2.24) is 6.76 Å². The van der Waals surface area contributed by atoms with Gasteiger partial charge >= 0.3 is 151 Å². The number of nitrogens with zero attached hydrogens (tertiary/aromatic N) is 2. The summed E-state index contributed by atoms with van der Waals surface area (Å²) < 4.78 is 4.93. The molecule has 22 heavy (non-hydrogen) atoms. The van der Waals surface area contributed by atoms with Crippen LogP contribution in [0.4, 0.5) is 0 Å². The molecule has 0 spiro atoms. The Bertz CT molecular complexity index is 483. The van der Waals surface area contributed by atoms with E-state index in [1.54, 1.807) is 0 Å². The zero-order valence-corrected chi connectivity index (χ0v) is 19.6. The molecule has 1 aliphatic rings. The maximum absolute atomic E-state index is 7.04. The fourth-order valence-corrected chi connectivity index (χ4v) is 9.88. The zero-order chi connectivity index (χ0) is 17.4. The Morgan fingerprint density at radius 1 is 1.14 bits per heavy atom. The first-order valence-electron chi connectivity index (χ1n) is 8.30. The number of rotatable bonds is 6. The van der Waals surface area contributed by atoms with Gasteiger partial charge in [-0.1, -0.05) is 0 Å². The molecule has 0 amide bonds. The van der Waals surface area contributed by atoms with Crippen molar-refractivity contribution < 1.29 is 17.3 Å². The first-order chi connectivity index (χ1) is 9.91. The molecule has 0 saturated heterocycles. The van der Waals surface area contributed by atoms with Crippen LogP contribution >= 0.6 is 9.30 Å². The summed E-state index contributed by atoms with van der Waals surface area (Å²) in [7, 11) is 10.6. The van der Waals surface area contributed by atoms with Crippen LogP contribution in [0.3, 0.4) is 0 Å². The van der Waals surface area contributed by atoms with Crippen LogP contribution in [0.5, 0.6) is 0 Å². The molecule has 5 heteroatoms. The SMILES string of the molecule is CC1=C(C)C(C)C([N]([Ti]([Cl])[N](C)C)C(C)(C)C[SiH](C)C)=C1C. The van der Waals surface area contributed by atoms with Gasteiger partial charge in [0.05, 0.1) is 0 Å². The normalized spacial score (nSPS) is 19.8. The molecule has 1 aliphatic carbocycles. The Kier molecular flexibility index (Phi) is 7.05. The van der Waals surface area contributed by atoms with Crippen LogP contribution < -0.4 is 0 Å². The summed E-state index contributed by atoms with van der Waals surface area (Å²) >= 11 is -2.00. The van der Waals surface area contributed by atoms with Gasteiger partial charge in [0.25, 0.3) is 0 Å². The molecule has 0 bridgehead atoms. The average molecular weight is 378 g/mol. The number of allylic oxidation sites excluding steroid dienone is 3. The summed E-state index contributed by atoms with van der Waals surface area (Å²) in [5.74, 6) is 0.495. The Balaban J connectivity index is 3.36. The van der Waals surface area contributed by atoms with Gasteiger partial charge in [-0.3, -0.25) is 0 Å². The monoisotopic (exact) mass is 377 g/mol. The van der Waals surface area contributed by atoms with Gasteiger partial charge in [-0.25, -0.2) is 0 Å². The van der Waals surface area contributed by atoms with Crippen LogP contribution in [0.25, 0.3) is 0 Å². The molecule has 2 nitrogen and oxygen atoms in total. The second-order valence-electron chi connectivity index (χ2n) is 7.95. The zero-order valence-electron chi connectivity index (χ0n) is 16.1. The molecule has 0 aromatic heterocycles. The van der Waals surface area contributed by atoms with Crippen molar-refractivity contribution in [2.45, 2.75) is 66.2 Å². The van der Waals surface area contributed by atoms with Gasteiger partial charge in [0.15, 0.2) is 0 Å². The maximum atomic E-state index is 7.04. The van der Waals surface area contributed by atoms with E-state index in [-0.39, 0.29) is 5.54 Å². The van der Waals surface area contributed by atoms with E-state index in [1.807, 2.05) is 0 Å². The van der Waals surface area contributed by atoms with Gasteiger partial charge in [0.1, 0.15) is 0 Å². The molecule has 0 radical (unpaired) electrons. The van der Waals surface area contributed by atoms with Gasteiger partial charge in [-0.2, -0.15) is 0 Å². The Labute approximate surface area is 150 Å². The van der Waals surface area contributed by atoms with Gasteiger partial charge in [0, 0.05) is 0 Å². The molecule has 0 aromatic rings. The van der Waals surface area contributed by atoms with Crippen LogP contribution in [0.15, 0.2) is 22.4 Å². The summed E-state index contributed by atoms with van der Waals surface area (Å²) in [6, 6.07) is 1.30. The van der Waals surface area contributed by atoms with Gasteiger partial charge in [-0.05, 0) is 0 Å². The van der Waals surface area contributed by atoms with Crippen molar-refractivity contribution in [3.63, 3.8) is 0 Å². The first-order valence-corrected chi connectivity index (χ1v) is 15.0. The third kappa shape index (κ3) is 4.10. The Hall–Kier alpha value is 0.461. The van der Waals surface area contributed by atoms with E-state index in [4.69, 9.17) is 9.30 Å². The van der Waals surface area contributed by atoms with Crippen LogP contribution in [0, 0.1) is 5.92 Å². The van der Waals surface area contributed by atoms with Crippen molar-refractivity contribution in [1.29, 1.82) is 0 Å². The molecule has 0 saturated carbocycles. The predicted molar refractivity (Wildman–Crippen MR) is 99.4 cm³/mol. The number of halogens is 1. The van der Waals surface area contributed by atoms with Crippen LogP contribution in [-0.4, -0.2) is 35.2 Å². The van der Waals surface area contributed by atoms with E-state index < -0.39 is 26.1 Å². The third-order valence-electron chi connectivity index (χ3n) is 4.91. The molecule has 0 aromatic carbocycles. The molecule has 1 rings (SSSR count). The second kappa shape index (κ2) is 7.57. The molecule has 1 atom stereocenters. The first kappa shape index (κ1) is 20.5. The van der Waals surface area contributed by atoms with Gasteiger partial charge < -0.3 is 0 Å². The molecule has 0 heterocycles. The van der Waals surface area contributed by atoms with E-state index in [9.17, 15) is 0 Å². The second-order valence-corrected chi connectivity index (χ2v) is 15.5. The van der Waals surface area contributed by atoms with E-state index in [0.29, 0.717) is 5.92 Å². The number of hydrogen-bond donors (Lipinski definition) is 0. The molecule has 0 fully saturated rings. The van der Waals surface area contributed by atoms with Crippen LogP contribution in [-0.2, 0) is 17.3 Å². The summed E-state index contributed by atoms with van der Waals surface area (Å²) in [5.41, 5.74) is 6.07. The summed E-state index contributed by atoms with van der Waals surface area (Å²) in [5, 5.41) is 0. The van der Waals surface area contributed by atoms with E-state index in [1.165, 1.54) is 28.5 Å².